The number of hydrogen-bond acceptors (Lipinski definition) is 5. The number of ether oxygens (including phenoxy) is 1. The summed E-state index contributed by atoms with van der Waals surface area (Å²) in [6, 6.07) is 13.0. The summed E-state index contributed by atoms with van der Waals surface area (Å²) in [5.74, 6) is -2.21. The first-order chi connectivity index (χ1) is 19.3. The molecule has 220 valence electrons. The number of allylic oxidation sites excluding steroid dienone is 2. The number of aromatic nitrogens is 1. The SMILES string of the molecule is CC1=C(c2ccccc2)OC(C(C)(F)F)=C(C(=S)Nc2ccc(N3CCCN(C(=O)CC(C)(C)C)CC3)nc2)CC1. The molecule has 0 bridgehead atoms. The van der Waals surface area contributed by atoms with Crippen LogP contribution in [0.25, 0.3) is 5.76 Å². The molecule has 1 fully saturated rings. The normalized spacial score (nSPS) is 17.1. The van der Waals surface area contributed by atoms with E-state index in [0.717, 1.165) is 43.4 Å². The van der Waals surface area contributed by atoms with Crippen LogP contribution in [0.2, 0.25) is 0 Å². The molecule has 1 amide bonds. The van der Waals surface area contributed by atoms with E-state index in [0.29, 0.717) is 43.8 Å². The number of rotatable bonds is 6. The Labute approximate surface area is 247 Å². The molecule has 1 aromatic heterocycles. The quantitative estimate of drug-likeness (QED) is 0.357. The smallest absolute Gasteiger partial charge is 0.302 e. The highest BCUT2D eigenvalue weighted by atomic mass is 32.1. The molecular formula is C32H40F2N4O2S. The van der Waals surface area contributed by atoms with Crippen LogP contribution < -0.4 is 10.2 Å². The fraction of sp³-hybridized carbons (Fsp3) is 0.469. The van der Waals surface area contributed by atoms with Crippen LogP contribution in [0.4, 0.5) is 20.3 Å². The number of carbonyl (C=O) groups excluding carboxylic acids is 1. The van der Waals surface area contributed by atoms with Crippen LogP contribution in [0.5, 0.6) is 0 Å². The summed E-state index contributed by atoms with van der Waals surface area (Å²) in [5.41, 5.74) is 2.49. The molecule has 3 heterocycles. The van der Waals surface area contributed by atoms with Gasteiger partial charge in [0.2, 0.25) is 5.91 Å². The molecular weight excluding hydrogens is 542 g/mol. The average Bonchev–Trinajstić information content (AvgIpc) is 3.26. The van der Waals surface area contributed by atoms with Crippen LogP contribution in [0.1, 0.15) is 65.9 Å². The standard InChI is InChI=1S/C32H40F2N4O2S/c1-22-12-14-25(29(32(5,33)34)40-28(22)23-10-7-6-8-11-23)30(41)36-24-13-15-26(35-21-24)37-16-9-17-38(19-18-37)27(39)20-31(2,3)4/h6-8,10-11,13,15,21H,9,12,14,16-20H2,1-5H3,(H,36,41). The molecule has 0 spiro atoms. The number of carbonyl (C=O) groups is 1. The van der Waals surface area contributed by atoms with Gasteiger partial charge in [-0.25, -0.2) is 4.98 Å². The molecule has 0 saturated carbocycles. The number of hydrogen-bond donors (Lipinski definition) is 1. The molecule has 2 aliphatic rings. The molecule has 41 heavy (non-hydrogen) atoms. The van der Waals surface area contributed by atoms with Crippen LogP contribution in [-0.4, -0.2) is 52.9 Å². The minimum atomic E-state index is -3.22. The molecule has 1 aromatic carbocycles. The first-order valence-corrected chi connectivity index (χ1v) is 14.6. The average molecular weight is 583 g/mol. The van der Waals surface area contributed by atoms with Crippen molar-refractivity contribution in [2.24, 2.45) is 5.41 Å². The van der Waals surface area contributed by atoms with E-state index in [1.165, 1.54) is 0 Å². The first-order valence-electron chi connectivity index (χ1n) is 14.2. The Morgan fingerprint density at radius 1 is 1.02 bits per heavy atom. The summed E-state index contributed by atoms with van der Waals surface area (Å²) in [5, 5.41) is 3.10. The molecule has 1 N–H and O–H groups in total. The van der Waals surface area contributed by atoms with E-state index in [-0.39, 0.29) is 21.9 Å². The van der Waals surface area contributed by atoms with Crippen molar-refractivity contribution in [2.45, 2.75) is 66.2 Å². The van der Waals surface area contributed by atoms with Gasteiger partial charge in [0.1, 0.15) is 16.6 Å². The van der Waals surface area contributed by atoms with Gasteiger partial charge in [0.05, 0.1) is 11.9 Å². The molecule has 0 radical (unpaired) electrons. The minimum Gasteiger partial charge on any atom is -0.454 e. The number of anilines is 2. The van der Waals surface area contributed by atoms with Crippen LogP contribution in [0.15, 0.2) is 65.6 Å². The molecule has 2 aliphatic heterocycles. The summed E-state index contributed by atoms with van der Waals surface area (Å²) < 4.78 is 35.7. The zero-order chi connectivity index (χ0) is 29.8. The second kappa shape index (κ2) is 12.7. The van der Waals surface area contributed by atoms with Crippen LogP contribution in [0.3, 0.4) is 0 Å². The van der Waals surface area contributed by atoms with Gasteiger partial charge < -0.3 is 19.9 Å². The van der Waals surface area contributed by atoms with Gasteiger partial charge in [0.15, 0.2) is 5.76 Å². The van der Waals surface area contributed by atoms with Crippen molar-refractivity contribution >= 4 is 40.4 Å². The Hall–Kier alpha value is -3.33. The van der Waals surface area contributed by atoms with E-state index in [9.17, 15) is 13.6 Å². The van der Waals surface area contributed by atoms with Crippen molar-refractivity contribution in [1.82, 2.24) is 9.88 Å². The van der Waals surface area contributed by atoms with Gasteiger partial charge in [0, 0.05) is 50.7 Å². The maximum absolute atomic E-state index is 14.9. The Bertz CT molecular complexity index is 1310. The van der Waals surface area contributed by atoms with Gasteiger partial charge in [-0.2, -0.15) is 8.78 Å². The van der Waals surface area contributed by atoms with E-state index in [4.69, 9.17) is 17.0 Å². The number of thiocarbonyl (C=S) groups is 1. The molecule has 2 aromatic rings. The molecule has 4 rings (SSSR count). The molecule has 0 atom stereocenters. The Balaban J connectivity index is 1.45. The largest absolute Gasteiger partial charge is 0.454 e. The molecule has 0 unspecified atom stereocenters. The van der Waals surface area contributed by atoms with E-state index in [1.807, 2.05) is 54.3 Å². The monoisotopic (exact) mass is 582 g/mol. The van der Waals surface area contributed by atoms with Crippen molar-refractivity contribution in [3.8, 4) is 0 Å². The predicted molar refractivity (Wildman–Crippen MR) is 165 cm³/mol. The molecule has 0 aliphatic carbocycles. The third-order valence-electron chi connectivity index (χ3n) is 7.18. The Kier molecular flexibility index (Phi) is 9.47. The number of halogens is 2. The lowest BCUT2D eigenvalue weighted by atomic mass is 9.91. The Morgan fingerprint density at radius 3 is 2.39 bits per heavy atom. The van der Waals surface area contributed by atoms with Gasteiger partial charge in [0.25, 0.3) is 0 Å². The predicted octanol–water partition coefficient (Wildman–Crippen LogP) is 7.45. The summed E-state index contributed by atoms with van der Waals surface area (Å²) in [6.07, 6.45) is 3.93. The number of nitrogens with one attached hydrogen (secondary N) is 1. The summed E-state index contributed by atoms with van der Waals surface area (Å²) in [4.78, 5) is 21.6. The van der Waals surface area contributed by atoms with Crippen molar-refractivity contribution in [1.29, 1.82) is 0 Å². The summed E-state index contributed by atoms with van der Waals surface area (Å²) in [6.45, 7) is 11.9. The number of benzene rings is 1. The summed E-state index contributed by atoms with van der Waals surface area (Å²) >= 11 is 5.63. The number of alkyl halides is 2. The van der Waals surface area contributed by atoms with E-state index in [2.05, 4.69) is 36.0 Å². The van der Waals surface area contributed by atoms with Crippen LogP contribution >= 0.6 is 12.2 Å². The molecule has 1 saturated heterocycles. The third-order valence-corrected chi connectivity index (χ3v) is 7.53. The van der Waals surface area contributed by atoms with Crippen molar-refractivity contribution < 1.29 is 18.3 Å². The lowest BCUT2D eigenvalue weighted by molar-refractivity contribution is -0.132. The number of nitrogens with zero attached hydrogens (tertiary/aromatic N) is 3. The zero-order valence-electron chi connectivity index (χ0n) is 24.6. The third kappa shape index (κ3) is 8.12. The van der Waals surface area contributed by atoms with Gasteiger partial charge in [-0.05, 0) is 49.3 Å². The highest BCUT2D eigenvalue weighted by molar-refractivity contribution is 7.81. The second-order valence-corrected chi connectivity index (χ2v) is 12.5. The van der Waals surface area contributed by atoms with Crippen molar-refractivity contribution in [3.05, 3.63) is 71.1 Å². The number of pyridine rings is 1. The number of amides is 1. The van der Waals surface area contributed by atoms with Crippen molar-refractivity contribution in [3.63, 3.8) is 0 Å². The van der Waals surface area contributed by atoms with Crippen LogP contribution in [-0.2, 0) is 9.53 Å². The maximum atomic E-state index is 14.9. The molecule has 6 nitrogen and oxygen atoms in total. The van der Waals surface area contributed by atoms with Crippen molar-refractivity contribution in [2.75, 3.05) is 36.4 Å². The van der Waals surface area contributed by atoms with Gasteiger partial charge in [-0.1, -0.05) is 63.3 Å². The van der Waals surface area contributed by atoms with E-state index in [1.54, 1.807) is 6.20 Å². The zero-order valence-corrected chi connectivity index (χ0v) is 25.4. The maximum Gasteiger partial charge on any atom is 0.302 e. The van der Waals surface area contributed by atoms with Gasteiger partial charge in [-0.15, -0.1) is 0 Å². The highest BCUT2D eigenvalue weighted by Crippen LogP contribution is 2.39. The van der Waals surface area contributed by atoms with E-state index >= 15 is 0 Å². The minimum absolute atomic E-state index is 0.0414. The van der Waals surface area contributed by atoms with Crippen LogP contribution in [0, 0.1) is 5.41 Å². The lowest BCUT2D eigenvalue weighted by Gasteiger charge is -2.26. The molecule has 9 heteroatoms. The first kappa shape index (κ1) is 30.6. The highest BCUT2D eigenvalue weighted by Gasteiger charge is 2.37. The topological polar surface area (TPSA) is 57.7 Å². The Morgan fingerprint density at radius 2 is 1.76 bits per heavy atom. The fourth-order valence-corrected chi connectivity index (χ4v) is 5.38. The van der Waals surface area contributed by atoms with Gasteiger partial charge in [-0.3, -0.25) is 4.79 Å². The second-order valence-electron chi connectivity index (χ2n) is 12.1. The summed E-state index contributed by atoms with van der Waals surface area (Å²) in [7, 11) is 0. The van der Waals surface area contributed by atoms with E-state index < -0.39 is 11.7 Å². The lowest BCUT2D eigenvalue weighted by Crippen LogP contribution is -2.37. The fourth-order valence-electron chi connectivity index (χ4n) is 5.07. The van der Waals surface area contributed by atoms with Gasteiger partial charge >= 0.3 is 5.92 Å².